The normalized spacial score (nSPS) is 10.2. The highest BCUT2D eigenvalue weighted by atomic mass is 79.9. The van der Waals surface area contributed by atoms with Gasteiger partial charge in [-0.1, -0.05) is 34.1 Å². The van der Waals surface area contributed by atoms with E-state index in [1.54, 1.807) is 30.3 Å². The Hall–Kier alpha value is -1.95. The predicted molar refractivity (Wildman–Crippen MR) is 74.5 cm³/mol. The van der Waals surface area contributed by atoms with E-state index in [9.17, 15) is 14.5 Å². The molecular formula is C13H10BrFN2O2. The van der Waals surface area contributed by atoms with Crippen LogP contribution in [0.25, 0.3) is 0 Å². The van der Waals surface area contributed by atoms with Crippen LogP contribution in [-0.4, -0.2) is 4.92 Å². The molecule has 0 amide bonds. The summed E-state index contributed by atoms with van der Waals surface area (Å²) in [4.78, 5) is 10.4. The molecular weight excluding hydrogens is 315 g/mol. The Morgan fingerprint density at radius 2 is 2.00 bits per heavy atom. The maximum absolute atomic E-state index is 13.4. The standard InChI is InChI=1S/C13H10BrFN2O2/c14-10-5-6-12(13(7-10)17(18)19)16-8-9-3-1-2-4-11(9)15/h1-7,16H,8H2. The second kappa shape index (κ2) is 5.79. The van der Waals surface area contributed by atoms with Crippen molar-refractivity contribution in [3.05, 3.63) is 68.4 Å². The lowest BCUT2D eigenvalue weighted by molar-refractivity contribution is -0.384. The van der Waals surface area contributed by atoms with Gasteiger partial charge in [-0.05, 0) is 18.2 Å². The third kappa shape index (κ3) is 3.29. The van der Waals surface area contributed by atoms with Crippen LogP contribution in [0.3, 0.4) is 0 Å². The van der Waals surface area contributed by atoms with Gasteiger partial charge in [-0.25, -0.2) is 4.39 Å². The highest BCUT2D eigenvalue weighted by Crippen LogP contribution is 2.28. The average molecular weight is 325 g/mol. The van der Waals surface area contributed by atoms with Crippen molar-refractivity contribution < 1.29 is 9.31 Å². The molecule has 19 heavy (non-hydrogen) atoms. The van der Waals surface area contributed by atoms with Gasteiger partial charge in [0.2, 0.25) is 0 Å². The average Bonchev–Trinajstić information content (AvgIpc) is 2.38. The molecule has 1 N–H and O–H groups in total. The minimum atomic E-state index is -0.478. The fourth-order valence-corrected chi connectivity index (χ4v) is 1.99. The summed E-state index contributed by atoms with van der Waals surface area (Å²) in [7, 11) is 0. The van der Waals surface area contributed by atoms with E-state index in [2.05, 4.69) is 21.2 Å². The van der Waals surface area contributed by atoms with Crippen molar-refractivity contribution in [2.24, 2.45) is 0 Å². The van der Waals surface area contributed by atoms with Crippen LogP contribution in [0.4, 0.5) is 15.8 Å². The first kappa shape index (κ1) is 13.5. The Morgan fingerprint density at radius 1 is 1.26 bits per heavy atom. The maximum Gasteiger partial charge on any atom is 0.293 e. The molecule has 0 atom stereocenters. The van der Waals surface area contributed by atoms with Crippen molar-refractivity contribution in [3.63, 3.8) is 0 Å². The first-order valence-electron chi connectivity index (χ1n) is 5.49. The molecule has 0 aliphatic carbocycles. The largest absolute Gasteiger partial charge is 0.375 e. The van der Waals surface area contributed by atoms with Gasteiger partial charge in [-0.3, -0.25) is 10.1 Å². The number of hydrogen-bond acceptors (Lipinski definition) is 3. The molecule has 0 radical (unpaired) electrons. The molecule has 0 aliphatic heterocycles. The van der Waals surface area contributed by atoms with E-state index in [4.69, 9.17) is 0 Å². The number of rotatable bonds is 4. The van der Waals surface area contributed by atoms with Crippen LogP contribution < -0.4 is 5.32 Å². The van der Waals surface area contributed by atoms with Crippen molar-refractivity contribution in [2.45, 2.75) is 6.54 Å². The summed E-state index contributed by atoms with van der Waals surface area (Å²) in [5.74, 6) is -0.338. The van der Waals surface area contributed by atoms with Crippen molar-refractivity contribution >= 4 is 27.3 Å². The monoisotopic (exact) mass is 324 g/mol. The van der Waals surface area contributed by atoms with Crippen LogP contribution in [0.15, 0.2) is 46.9 Å². The molecule has 0 unspecified atom stereocenters. The van der Waals surface area contributed by atoms with E-state index in [-0.39, 0.29) is 18.0 Å². The number of anilines is 1. The van der Waals surface area contributed by atoms with Gasteiger partial charge in [0.1, 0.15) is 11.5 Å². The van der Waals surface area contributed by atoms with Crippen LogP contribution in [0.1, 0.15) is 5.56 Å². The van der Waals surface area contributed by atoms with Gasteiger partial charge < -0.3 is 5.32 Å². The Kier molecular flexibility index (Phi) is 4.11. The SMILES string of the molecule is O=[N+]([O-])c1cc(Br)ccc1NCc1ccccc1F. The first-order valence-corrected chi connectivity index (χ1v) is 6.28. The fourth-order valence-electron chi connectivity index (χ4n) is 1.64. The summed E-state index contributed by atoms with van der Waals surface area (Å²) in [6.45, 7) is 0.190. The number of nitro groups is 1. The number of nitrogens with zero attached hydrogens (tertiary/aromatic N) is 1. The van der Waals surface area contributed by atoms with Crippen molar-refractivity contribution in [1.29, 1.82) is 0 Å². The Bertz CT molecular complexity index is 619. The molecule has 4 nitrogen and oxygen atoms in total. The van der Waals surface area contributed by atoms with Crippen LogP contribution in [-0.2, 0) is 6.54 Å². The smallest absolute Gasteiger partial charge is 0.293 e. The molecule has 2 aromatic rings. The van der Waals surface area contributed by atoms with Gasteiger partial charge in [0, 0.05) is 22.6 Å². The van der Waals surface area contributed by atoms with Gasteiger partial charge >= 0.3 is 0 Å². The first-order chi connectivity index (χ1) is 9.08. The number of nitrogens with one attached hydrogen (secondary N) is 1. The zero-order valence-electron chi connectivity index (χ0n) is 9.77. The van der Waals surface area contributed by atoms with E-state index in [0.29, 0.717) is 15.7 Å². The Morgan fingerprint density at radius 3 is 2.68 bits per heavy atom. The molecule has 0 saturated carbocycles. The number of benzene rings is 2. The number of halogens is 2. The van der Waals surface area contributed by atoms with E-state index in [0.717, 1.165) is 0 Å². The summed E-state index contributed by atoms with van der Waals surface area (Å²) in [5, 5.41) is 13.8. The van der Waals surface area contributed by atoms with E-state index >= 15 is 0 Å². The van der Waals surface area contributed by atoms with Crippen LogP contribution >= 0.6 is 15.9 Å². The summed E-state index contributed by atoms with van der Waals surface area (Å²) >= 11 is 3.18. The Labute approximate surface area is 117 Å². The number of nitro benzene ring substituents is 1. The highest BCUT2D eigenvalue weighted by Gasteiger charge is 2.14. The van der Waals surface area contributed by atoms with Gasteiger partial charge in [0.05, 0.1) is 4.92 Å². The summed E-state index contributed by atoms with van der Waals surface area (Å²) < 4.78 is 14.1. The minimum Gasteiger partial charge on any atom is -0.375 e. The molecule has 0 fully saturated rings. The number of hydrogen-bond donors (Lipinski definition) is 1. The van der Waals surface area contributed by atoms with Gasteiger partial charge in [-0.15, -0.1) is 0 Å². The second-order valence-electron chi connectivity index (χ2n) is 3.86. The van der Waals surface area contributed by atoms with Crippen LogP contribution in [0, 0.1) is 15.9 Å². The zero-order chi connectivity index (χ0) is 13.8. The molecule has 2 rings (SSSR count). The molecule has 6 heteroatoms. The minimum absolute atomic E-state index is 0.0503. The van der Waals surface area contributed by atoms with Crippen LogP contribution in [0.5, 0.6) is 0 Å². The molecule has 0 aliphatic rings. The van der Waals surface area contributed by atoms with Gasteiger partial charge in [-0.2, -0.15) is 0 Å². The van der Waals surface area contributed by atoms with Crippen molar-refractivity contribution in [1.82, 2.24) is 0 Å². The van der Waals surface area contributed by atoms with Crippen LogP contribution in [0.2, 0.25) is 0 Å². The lowest BCUT2D eigenvalue weighted by Crippen LogP contribution is -2.04. The third-order valence-corrected chi connectivity index (χ3v) is 3.08. The predicted octanol–water partition coefficient (Wildman–Crippen LogP) is 4.11. The molecule has 0 saturated heterocycles. The second-order valence-corrected chi connectivity index (χ2v) is 4.78. The third-order valence-electron chi connectivity index (χ3n) is 2.58. The topological polar surface area (TPSA) is 55.2 Å². The molecule has 0 spiro atoms. The van der Waals surface area contributed by atoms with E-state index in [1.807, 2.05) is 0 Å². The summed E-state index contributed by atoms with van der Waals surface area (Å²) in [6.07, 6.45) is 0. The van der Waals surface area contributed by atoms with Crippen molar-refractivity contribution in [2.75, 3.05) is 5.32 Å². The highest BCUT2D eigenvalue weighted by molar-refractivity contribution is 9.10. The zero-order valence-corrected chi connectivity index (χ0v) is 11.4. The quantitative estimate of drug-likeness (QED) is 0.680. The Balaban J connectivity index is 2.20. The summed E-state index contributed by atoms with van der Waals surface area (Å²) in [5.41, 5.74) is 0.766. The van der Waals surface area contributed by atoms with Gasteiger partial charge in [0.25, 0.3) is 5.69 Å². The maximum atomic E-state index is 13.4. The van der Waals surface area contributed by atoms with Crippen molar-refractivity contribution in [3.8, 4) is 0 Å². The fraction of sp³-hybridized carbons (Fsp3) is 0.0769. The molecule has 0 heterocycles. The van der Waals surface area contributed by atoms with Gasteiger partial charge in [0.15, 0.2) is 0 Å². The van der Waals surface area contributed by atoms with E-state index in [1.165, 1.54) is 12.1 Å². The molecule has 0 bridgehead atoms. The van der Waals surface area contributed by atoms with E-state index < -0.39 is 4.92 Å². The molecule has 2 aromatic carbocycles. The molecule has 98 valence electrons. The lowest BCUT2D eigenvalue weighted by atomic mass is 10.2. The summed E-state index contributed by atoms with van der Waals surface area (Å²) in [6, 6.07) is 11.0. The molecule has 0 aromatic heterocycles. The lowest BCUT2D eigenvalue weighted by Gasteiger charge is -2.08.